The first-order valence-corrected chi connectivity index (χ1v) is 5.03. The van der Waals surface area contributed by atoms with Gasteiger partial charge in [-0.05, 0) is 6.07 Å². The number of phenolic OH excluding ortho intramolecular Hbond substituents is 3. The maximum absolute atomic E-state index is 13.7. The van der Waals surface area contributed by atoms with Crippen molar-refractivity contribution >= 4 is 21.8 Å². The van der Waals surface area contributed by atoms with Gasteiger partial charge in [-0.2, -0.15) is 0 Å². The van der Waals surface area contributed by atoms with Crippen LogP contribution in [-0.4, -0.2) is 20.3 Å². The number of rotatable bonds is 0. The van der Waals surface area contributed by atoms with Crippen molar-refractivity contribution in [2.24, 2.45) is 0 Å². The Hall–Kier alpha value is -2.50. The van der Waals surface area contributed by atoms with Crippen molar-refractivity contribution in [3.63, 3.8) is 0 Å². The summed E-state index contributed by atoms with van der Waals surface area (Å²) >= 11 is 0. The first-order valence-electron chi connectivity index (χ1n) is 5.03. The Labute approximate surface area is 98.7 Å². The van der Waals surface area contributed by atoms with Crippen LogP contribution in [0.3, 0.4) is 0 Å². The lowest BCUT2D eigenvalue weighted by Crippen LogP contribution is -1.81. The maximum atomic E-state index is 13.7. The van der Waals surface area contributed by atoms with E-state index in [-0.39, 0.29) is 21.8 Å². The smallest absolute Gasteiger partial charge is 0.201 e. The summed E-state index contributed by atoms with van der Waals surface area (Å²) in [4.78, 5) is 2.66. The van der Waals surface area contributed by atoms with Gasteiger partial charge in [-0.25, -0.2) is 8.78 Å². The van der Waals surface area contributed by atoms with Crippen molar-refractivity contribution in [1.82, 2.24) is 4.98 Å². The Kier molecular flexibility index (Phi) is 1.92. The van der Waals surface area contributed by atoms with Crippen molar-refractivity contribution in [2.75, 3.05) is 0 Å². The van der Waals surface area contributed by atoms with Gasteiger partial charge in [-0.1, -0.05) is 0 Å². The number of aromatic nitrogens is 1. The molecule has 4 N–H and O–H groups in total. The number of benzene rings is 2. The normalized spacial score (nSPS) is 11.4. The number of phenols is 3. The van der Waals surface area contributed by atoms with Crippen LogP contribution in [-0.2, 0) is 0 Å². The van der Waals surface area contributed by atoms with Crippen LogP contribution in [0.25, 0.3) is 21.8 Å². The molecule has 0 saturated heterocycles. The molecule has 0 spiro atoms. The Bertz CT molecular complexity index is 795. The molecule has 18 heavy (non-hydrogen) atoms. The second-order valence-corrected chi connectivity index (χ2v) is 3.95. The highest BCUT2D eigenvalue weighted by atomic mass is 19.1. The number of hydrogen-bond acceptors (Lipinski definition) is 3. The van der Waals surface area contributed by atoms with Gasteiger partial charge >= 0.3 is 0 Å². The minimum absolute atomic E-state index is 0.00204. The van der Waals surface area contributed by atoms with E-state index >= 15 is 0 Å². The van der Waals surface area contributed by atoms with Gasteiger partial charge in [-0.3, -0.25) is 0 Å². The highest BCUT2D eigenvalue weighted by Crippen LogP contribution is 2.44. The van der Waals surface area contributed by atoms with E-state index in [1.807, 2.05) is 0 Å². The van der Waals surface area contributed by atoms with Crippen molar-refractivity contribution in [2.45, 2.75) is 0 Å². The Morgan fingerprint density at radius 1 is 0.833 bits per heavy atom. The second-order valence-electron chi connectivity index (χ2n) is 3.95. The molecule has 6 heteroatoms. The number of hydrogen-bond donors (Lipinski definition) is 4. The highest BCUT2D eigenvalue weighted by molar-refractivity contribution is 6.12. The number of nitrogens with one attached hydrogen (secondary N) is 1. The number of halogens is 2. The van der Waals surface area contributed by atoms with Crippen molar-refractivity contribution in [1.29, 1.82) is 0 Å². The van der Waals surface area contributed by atoms with E-state index in [1.54, 1.807) is 0 Å². The molecule has 0 unspecified atom stereocenters. The third-order valence-corrected chi connectivity index (χ3v) is 2.83. The first kappa shape index (κ1) is 10.6. The van der Waals surface area contributed by atoms with Crippen molar-refractivity contribution in [3.8, 4) is 17.2 Å². The summed E-state index contributed by atoms with van der Waals surface area (Å²) in [6, 6.07) is 2.87. The van der Waals surface area contributed by atoms with E-state index in [4.69, 9.17) is 0 Å². The van der Waals surface area contributed by atoms with Crippen LogP contribution in [0.1, 0.15) is 0 Å². The molecular weight excluding hydrogens is 244 g/mol. The summed E-state index contributed by atoms with van der Waals surface area (Å²) in [6.45, 7) is 0. The van der Waals surface area contributed by atoms with Crippen LogP contribution in [0, 0.1) is 11.6 Å². The summed E-state index contributed by atoms with van der Waals surface area (Å²) < 4.78 is 26.8. The third kappa shape index (κ3) is 1.22. The zero-order chi connectivity index (χ0) is 13.0. The molecule has 0 aliphatic heterocycles. The van der Waals surface area contributed by atoms with Crippen LogP contribution in [0.15, 0.2) is 18.2 Å². The lowest BCUT2D eigenvalue weighted by Gasteiger charge is -2.02. The van der Waals surface area contributed by atoms with Gasteiger partial charge in [0.2, 0.25) is 5.75 Å². The monoisotopic (exact) mass is 251 g/mol. The summed E-state index contributed by atoms with van der Waals surface area (Å²) in [5.74, 6) is -3.57. The Morgan fingerprint density at radius 3 is 2.22 bits per heavy atom. The quantitative estimate of drug-likeness (QED) is 0.464. The van der Waals surface area contributed by atoms with Gasteiger partial charge in [0, 0.05) is 17.5 Å². The average molecular weight is 251 g/mol. The molecule has 2 aromatic carbocycles. The van der Waals surface area contributed by atoms with E-state index in [2.05, 4.69) is 4.98 Å². The summed E-state index contributed by atoms with van der Waals surface area (Å²) in [6.07, 6.45) is 0. The molecule has 3 aromatic rings. The molecule has 0 amide bonds. The zero-order valence-electron chi connectivity index (χ0n) is 8.83. The minimum atomic E-state index is -0.864. The molecule has 0 atom stereocenters. The standard InChI is InChI=1S/C12H7F2NO3/c13-4-1-5(14)9-6(2-4)15-7-3-8(16)11(17)12(18)10(7)9/h1-3,15-18H. The van der Waals surface area contributed by atoms with Gasteiger partial charge in [-0.15, -0.1) is 0 Å². The Balaban J connectivity index is 2.62. The van der Waals surface area contributed by atoms with Crippen LogP contribution < -0.4 is 0 Å². The molecule has 0 bridgehead atoms. The van der Waals surface area contributed by atoms with E-state index in [9.17, 15) is 24.1 Å². The maximum Gasteiger partial charge on any atom is 0.201 e. The summed E-state index contributed by atoms with van der Waals surface area (Å²) in [5, 5.41) is 28.5. The van der Waals surface area contributed by atoms with Gasteiger partial charge in [0.1, 0.15) is 11.6 Å². The zero-order valence-corrected chi connectivity index (χ0v) is 8.83. The molecule has 0 saturated carbocycles. The van der Waals surface area contributed by atoms with Gasteiger partial charge < -0.3 is 20.3 Å². The fraction of sp³-hybridized carbons (Fsp3) is 0. The van der Waals surface area contributed by atoms with Crippen molar-refractivity contribution < 1.29 is 24.1 Å². The fourth-order valence-corrected chi connectivity index (χ4v) is 2.07. The molecule has 4 nitrogen and oxygen atoms in total. The van der Waals surface area contributed by atoms with Gasteiger partial charge in [0.25, 0.3) is 0 Å². The number of aromatic amines is 1. The topological polar surface area (TPSA) is 76.5 Å². The minimum Gasteiger partial charge on any atom is -0.504 e. The lowest BCUT2D eigenvalue weighted by molar-refractivity contribution is 0.371. The summed E-state index contributed by atoms with van der Waals surface area (Å²) in [7, 11) is 0. The van der Waals surface area contributed by atoms with Crippen LogP contribution >= 0.6 is 0 Å². The van der Waals surface area contributed by atoms with Crippen LogP contribution in [0.2, 0.25) is 0 Å². The summed E-state index contributed by atoms with van der Waals surface area (Å²) in [5.41, 5.74) is 0.324. The molecule has 1 heterocycles. The van der Waals surface area contributed by atoms with Gasteiger partial charge in [0.15, 0.2) is 11.5 Å². The van der Waals surface area contributed by atoms with E-state index in [1.165, 1.54) is 0 Å². The fourth-order valence-electron chi connectivity index (χ4n) is 2.07. The van der Waals surface area contributed by atoms with E-state index < -0.39 is 28.9 Å². The first-order chi connectivity index (χ1) is 8.49. The van der Waals surface area contributed by atoms with Crippen molar-refractivity contribution in [3.05, 3.63) is 29.8 Å². The molecule has 0 aliphatic carbocycles. The predicted octanol–water partition coefficient (Wildman–Crippen LogP) is 2.72. The molecule has 0 radical (unpaired) electrons. The molecule has 0 aliphatic rings. The third-order valence-electron chi connectivity index (χ3n) is 2.83. The van der Waals surface area contributed by atoms with Gasteiger partial charge in [0.05, 0.1) is 16.4 Å². The Morgan fingerprint density at radius 2 is 1.50 bits per heavy atom. The van der Waals surface area contributed by atoms with E-state index in [0.717, 1.165) is 12.1 Å². The van der Waals surface area contributed by atoms with Crippen LogP contribution in [0.5, 0.6) is 17.2 Å². The molecule has 92 valence electrons. The lowest BCUT2D eigenvalue weighted by atomic mass is 10.1. The predicted molar refractivity (Wildman–Crippen MR) is 60.7 cm³/mol. The largest absolute Gasteiger partial charge is 0.504 e. The number of fused-ring (bicyclic) bond motifs is 3. The SMILES string of the molecule is Oc1cc2[nH]c3cc(F)cc(F)c3c2c(O)c1O. The second kappa shape index (κ2) is 3.25. The number of H-pyrrole nitrogens is 1. The van der Waals surface area contributed by atoms with E-state index in [0.29, 0.717) is 6.07 Å². The highest BCUT2D eigenvalue weighted by Gasteiger charge is 2.18. The number of aromatic hydroxyl groups is 3. The van der Waals surface area contributed by atoms with Crippen LogP contribution in [0.4, 0.5) is 8.78 Å². The molecular formula is C12H7F2NO3. The molecule has 0 fully saturated rings. The molecule has 3 rings (SSSR count). The average Bonchev–Trinajstić information content (AvgIpc) is 2.64. The molecule has 1 aromatic heterocycles.